The van der Waals surface area contributed by atoms with Crippen molar-refractivity contribution in [2.45, 2.75) is 39.2 Å². The third kappa shape index (κ3) is 3.12. The fourth-order valence-corrected chi connectivity index (χ4v) is 2.83. The van der Waals surface area contributed by atoms with Gasteiger partial charge in [-0.3, -0.25) is 9.69 Å². The number of nitrogens with zero attached hydrogens (tertiary/aromatic N) is 2. The van der Waals surface area contributed by atoms with Gasteiger partial charge >= 0.3 is 0 Å². The molecule has 0 amide bonds. The van der Waals surface area contributed by atoms with Gasteiger partial charge in [-0.1, -0.05) is 6.92 Å². The number of aryl methyl sites for hydroxylation is 1. The van der Waals surface area contributed by atoms with Gasteiger partial charge < -0.3 is 0 Å². The van der Waals surface area contributed by atoms with Crippen LogP contribution in [0.25, 0.3) is 0 Å². The highest BCUT2D eigenvalue weighted by Gasteiger charge is 2.16. The lowest BCUT2D eigenvalue weighted by molar-refractivity contribution is -0.121. The van der Waals surface area contributed by atoms with Gasteiger partial charge in [0.05, 0.1) is 10.7 Å². The molecule has 0 saturated carbocycles. The van der Waals surface area contributed by atoms with Crippen LogP contribution >= 0.6 is 11.3 Å². The van der Waals surface area contributed by atoms with Crippen molar-refractivity contribution in [2.75, 3.05) is 13.1 Å². The monoisotopic (exact) mass is 238 g/mol. The number of piperidine rings is 1. The van der Waals surface area contributed by atoms with Gasteiger partial charge in [0.2, 0.25) is 0 Å². The van der Waals surface area contributed by atoms with Crippen LogP contribution in [0.3, 0.4) is 0 Å². The molecule has 3 nitrogen and oxygen atoms in total. The number of aromatic nitrogens is 1. The summed E-state index contributed by atoms with van der Waals surface area (Å²) < 4.78 is 0. The van der Waals surface area contributed by atoms with E-state index in [0.717, 1.165) is 32.5 Å². The lowest BCUT2D eigenvalue weighted by Gasteiger charge is -2.24. The average Bonchev–Trinajstić information content (AvgIpc) is 2.70. The largest absolute Gasteiger partial charge is 0.300 e. The minimum absolute atomic E-state index is 0.404. The van der Waals surface area contributed by atoms with E-state index in [4.69, 9.17) is 0 Å². The Labute approximate surface area is 100 Å². The molecule has 2 heterocycles. The van der Waals surface area contributed by atoms with Gasteiger partial charge in [-0.15, -0.1) is 11.3 Å². The normalized spacial score (nSPS) is 17.9. The highest BCUT2D eigenvalue weighted by Crippen LogP contribution is 2.15. The van der Waals surface area contributed by atoms with Crippen molar-refractivity contribution in [3.63, 3.8) is 0 Å². The van der Waals surface area contributed by atoms with Gasteiger partial charge in [-0.2, -0.15) is 0 Å². The summed E-state index contributed by atoms with van der Waals surface area (Å²) in [6, 6.07) is 0. The summed E-state index contributed by atoms with van der Waals surface area (Å²) >= 11 is 1.76. The Hall–Kier alpha value is -0.740. The first kappa shape index (κ1) is 11.7. The van der Waals surface area contributed by atoms with Crippen molar-refractivity contribution in [2.24, 2.45) is 0 Å². The smallest absolute Gasteiger partial charge is 0.135 e. The molecule has 0 aliphatic carbocycles. The minimum atomic E-state index is 0.404. The van der Waals surface area contributed by atoms with Crippen LogP contribution in [0.4, 0.5) is 0 Å². The summed E-state index contributed by atoms with van der Waals surface area (Å²) in [5, 5.41) is 3.40. The molecule has 4 heteroatoms. The lowest BCUT2D eigenvalue weighted by atomic mass is 10.1. The number of ketones is 1. The number of likely N-dealkylation sites (tertiary alicyclic amines) is 1. The van der Waals surface area contributed by atoms with E-state index in [1.165, 1.54) is 10.7 Å². The van der Waals surface area contributed by atoms with E-state index < -0.39 is 0 Å². The van der Waals surface area contributed by atoms with Gasteiger partial charge in [0.25, 0.3) is 0 Å². The quantitative estimate of drug-likeness (QED) is 0.806. The van der Waals surface area contributed by atoms with Crippen LogP contribution in [0.1, 0.15) is 36.9 Å². The first-order chi connectivity index (χ1) is 7.78. The van der Waals surface area contributed by atoms with Crippen molar-refractivity contribution in [1.29, 1.82) is 0 Å². The zero-order valence-corrected chi connectivity index (χ0v) is 10.6. The van der Waals surface area contributed by atoms with Crippen LogP contribution in [-0.4, -0.2) is 28.8 Å². The molecule has 88 valence electrons. The number of hydrogen-bond donors (Lipinski definition) is 0. The van der Waals surface area contributed by atoms with Gasteiger partial charge in [0.15, 0.2) is 0 Å². The predicted octanol–water partition coefficient (Wildman–Crippen LogP) is 2.26. The van der Waals surface area contributed by atoms with Gasteiger partial charge in [0.1, 0.15) is 5.78 Å². The SMILES string of the molecule is CCCc1nc(CN2CCC(=O)CC2)cs1. The molecule has 16 heavy (non-hydrogen) atoms. The van der Waals surface area contributed by atoms with E-state index in [0.29, 0.717) is 18.6 Å². The van der Waals surface area contributed by atoms with Crippen LogP contribution in [0.15, 0.2) is 5.38 Å². The van der Waals surface area contributed by atoms with Gasteiger partial charge in [-0.25, -0.2) is 4.98 Å². The number of Topliss-reactive ketones (excluding diaryl/α,β-unsaturated/α-hetero) is 1. The molecule has 0 atom stereocenters. The fraction of sp³-hybridized carbons (Fsp3) is 0.667. The zero-order valence-electron chi connectivity index (χ0n) is 9.74. The molecule has 0 spiro atoms. The van der Waals surface area contributed by atoms with E-state index in [9.17, 15) is 4.79 Å². The second-order valence-corrected chi connectivity index (χ2v) is 5.24. The van der Waals surface area contributed by atoms with Gasteiger partial charge in [0, 0.05) is 37.9 Å². The van der Waals surface area contributed by atoms with Crippen LogP contribution in [-0.2, 0) is 17.8 Å². The number of rotatable bonds is 4. The standard InChI is InChI=1S/C12H18N2OS/c1-2-3-12-13-10(9-16-12)8-14-6-4-11(15)5-7-14/h9H,2-8H2,1H3. The second kappa shape index (κ2) is 5.55. The van der Waals surface area contributed by atoms with Crippen LogP contribution in [0.2, 0.25) is 0 Å². The van der Waals surface area contributed by atoms with Crippen LogP contribution in [0.5, 0.6) is 0 Å². The van der Waals surface area contributed by atoms with Crippen LogP contribution in [0, 0.1) is 0 Å². The molecule has 1 aliphatic rings. The van der Waals surface area contributed by atoms with Gasteiger partial charge in [-0.05, 0) is 12.8 Å². The summed E-state index contributed by atoms with van der Waals surface area (Å²) in [4.78, 5) is 18.0. The molecule has 1 saturated heterocycles. The molecule has 0 radical (unpaired) electrons. The maximum Gasteiger partial charge on any atom is 0.135 e. The topological polar surface area (TPSA) is 33.2 Å². The van der Waals surface area contributed by atoms with Crippen molar-refractivity contribution in [3.8, 4) is 0 Å². The Bertz CT molecular complexity index is 352. The van der Waals surface area contributed by atoms with Crippen molar-refractivity contribution in [1.82, 2.24) is 9.88 Å². The number of thiazole rings is 1. The molecule has 1 aromatic rings. The second-order valence-electron chi connectivity index (χ2n) is 4.30. The maximum absolute atomic E-state index is 11.1. The van der Waals surface area contributed by atoms with Crippen molar-refractivity contribution < 1.29 is 4.79 Å². The molecular weight excluding hydrogens is 220 g/mol. The summed E-state index contributed by atoms with van der Waals surface area (Å²) in [6.45, 7) is 4.89. The van der Waals surface area contributed by atoms with E-state index in [-0.39, 0.29) is 0 Å². The predicted molar refractivity (Wildman–Crippen MR) is 65.6 cm³/mol. The maximum atomic E-state index is 11.1. The van der Waals surface area contributed by atoms with Crippen molar-refractivity contribution in [3.05, 3.63) is 16.1 Å². The Morgan fingerprint density at radius 3 is 2.88 bits per heavy atom. The van der Waals surface area contributed by atoms with Crippen molar-refractivity contribution >= 4 is 17.1 Å². The highest BCUT2D eigenvalue weighted by molar-refractivity contribution is 7.09. The molecule has 0 N–H and O–H groups in total. The number of carbonyl (C=O) groups excluding carboxylic acids is 1. The van der Waals surface area contributed by atoms with Crippen LogP contribution < -0.4 is 0 Å². The molecule has 1 aromatic heterocycles. The molecule has 1 fully saturated rings. The Morgan fingerprint density at radius 2 is 2.19 bits per heavy atom. The fourth-order valence-electron chi connectivity index (χ4n) is 1.94. The molecule has 1 aliphatic heterocycles. The highest BCUT2D eigenvalue weighted by atomic mass is 32.1. The molecule has 0 unspecified atom stereocenters. The Kier molecular flexibility index (Phi) is 4.07. The Morgan fingerprint density at radius 1 is 1.44 bits per heavy atom. The number of hydrogen-bond acceptors (Lipinski definition) is 4. The summed E-state index contributed by atoms with van der Waals surface area (Å²) in [5.74, 6) is 0.404. The third-order valence-corrected chi connectivity index (χ3v) is 3.82. The molecule has 0 aromatic carbocycles. The molecule has 2 rings (SSSR count). The first-order valence-electron chi connectivity index (χ1n) is 5.95. The van der Waals surface area contributed by atoms with E-state index in [1.807, 2.05) is 0 Å². The lowest BCUT2D eigenvalue weighted by Crippen LogP contribution is -2.33. The minimum Gasteiger partial charge on any atom is -0.300 e. The molecular formula is C12H18N2OS. The van der Waals surface area contributed by atoms with E-state index in [1.54, 1.807) is 11.3 Å². The summed E-state index contributed by atoms with van der Waals surface area (Å²) in [6.07, 6.45) is 3.67. The van der Waals surface area contributed by atoms with E-state index >= 15 is 0 Å². The average molecular weight is 238 g/mol. The third-order valence-electron chi connectivity index (χ3n) is 2.86. The molecule has 0 bridgehead atoms. The summed E-state index contributed by atoms with van der Waals surface area (Å²) in [7, 11) is 0. The first-order valence-corrected chi connectivity index (χ1v) is 6.83. The van der Waals surface area contributed by atoms with E-state index in [2.05, 4.69) is 22.2 Å². The Balaban J connectivity index is 1.86. The number of carbonyl (C=O) groups is 1. The summed E-state index contributed by atoms with van der Waals surface area (Å²) in [5.41, 5.74) is 1.17. The zero-order chi connectivity index (χ0) is 11.4.